The van der Waals surface area contributed by atoms with Crippen molar-refractivity contribution in [2.24, 2.45) is 4.99 Å². The molecule has 0 fully saturated rings. The quantitative estimate of drug-likeness (QED) is 0.754. The van der Waals surface area contributed by atoms with Crippen molar-refractivity contribution in [3.8, 4) is 0 Å². The number of carbonyl (C=O) groups excluding carboxylic acids is 1. The summed E-state index contributed by atoms with van der Waals surface area (Å²) in [5, 5.41) is 2.88. The molecule has 0 saturated heterocycles. The van der Waals surface area contributed by atoms with E-state index in [1.165, 1.54) is 6.08 Å². The maximum Gasteiger partial charge on any atom is 0.249 e. The molecule has 1 unspecified atom stereocenters. The van der Waals surface area contributed by atoms with E-state index in [0.717, 1.165) is 5.57 Å². The third-order valence-corrected chi connectivity index (χ3v) is 2.68. The average Bonchev–Trinajstić information content (AvgIpc) is 2.18. The summed E-state index contributed by atoms with van der Waals surface area (Å²) in [6.07, 6.45) is 7.22. The summed E-state index contributed by atoms with van der Waals surface area (Å²) < 4.78 is 0. The number of amides is 1. The van der Waals surface area contributed by atoms with E-state index >= 15 is 0 Å². The molecule has 1 aliphatic heterocycles. The van der Waals surface area contributed by atoms with Crippen molar-refractivity contribution >= 4 is 23.5 Å². The van der Waals surface area contributed by atoms with Crippen LogP contribution in [0.25, 0.3) is 0 Å². The third kappa shape index (κ3) is 2.73. The second-order valence-corrected chi connectivity index (χ2v) is 4.03. The number of hydrogen-bond donors (Lipinski definition) is 1. The van der Waals surface area contributed by atoms with E-state index in [0.29, 0.717) is 5.84 Å². The lowest BCUT2D eigenvalue weighted by molar-refractivity contribution is -0.115. The zero-order valence-electron chi connectivity index (χ0n) is 8.57. The fourth-order valence-corrected chi connectivity index (χ4v) is 1.26. The summed E-state index contributed by atoms with van der Waals surface area (Å²) in [6.45, 7) is 3.92. The SMILES string of the molecule is C/C=C1/C=CC(=O)N/C1=N/C(C)SC. The van der Waals surface area contributed by atoms with Gasteiger partial charge in [-0.25, -0.2) is 0 Å². The second kappa shape index (κ2) is 5.00. The van der Waals surface area contributed by atoms with Crippen LogP contribution in [0.5, 0.6) is 0 Å². The van der Waals surface area contributed by atoms with Crippen LogP contribution in [-0.4, -0.2) is 23.4 Å². The van der Waals surface area contributed by atoms with Crippen molar-refractivity contribution < 1.29 is 4.79 Å². The van der Waals surface area contributed by atoms with Crippen LogP contribution < -0.4 is 5.32 Å². The summed E-state index contributed by atoms with van der Waals surface area (Å²) in [5.74, 6) is 0.560. The van der Waals surface area contributed by atoms with Gasteiger partial charge in [-0.15, -0.1) is 11.8 Å². The molecule has 1 N–H and O–H groups in total. The number of allylic oxidation sites excluding steroid dienone is 1. The van der Waals surface area contributed by atoms with Gasteiger partial charge in [-0.3, -0.25) is 9.79 Å². The topological polar surface area (TPSA) is 41.5 Å². The van der Waals surface area contributed by atoms with Gasteiger partial charge in [0.2, 0.25) is 5.91 Å². The molecule has 0 aromatic carbocycles. The lowest BCUT2D eigenvalue weighted by Crippen LogP contribution is -2.33. The fourth-order valence-electron chi connectivity index (χ4n) is 1.05. The average molecular weight is 210 g/mol. The molecule has 1 heterocycles. The Balaban J connectivity index is 2.91. The zero-order chi connectivity index (χ0) is 10.6. The van der Waals surface area contributed by atoms with Crippen molar-refractivity contribution in [1.82, 2.24) is 5.32 Å². The summed E-state index contributed by atoms with van der Waals surface area (Å²) >= 11 is 1.64. The van der Waals surface area contributed by atoms with E-state index < -0.39 is 0 Å². The van der Waals surface area contributed by atoms with Gasteiger partial charge in [-0.05, 0) is 26.2 Å². The molecule has 0 spiro atoms. The summed E-state index contributed by atoms with van der Waals surface area (Å²) in [7, 11) is 0. The molecular formula is C10H14N2OS. The first-order valence-electron chi connectivity index (χ1n) is 4.43. The van der Waals surface area contributed by atoms with Crippen LogP contribution >= 0.6 is 11.8 Å². The molecule has 0 bridgehead atoms. The smallest absolute Gasteiger partial charge is 0.249 e. The molecule has 0 aliphatic carbocycles. The summed E-state index contributed by atoms with van der Waals surface area (Å²) in [5.41, 5.74) is 0.963. The third-order valence-electron chi connectivity index (χ3n) is 1.89. The molecule has 0 aromatic heterocycles. The molecule has 1 amide bonds. The Morgan fingerprint density at radius 2 is 2.29 bits per heavy atom. The van der Waals surface area contributed by atoms with E-state index in [1.807, 2.05) is 26.2 Å². The number of nitrogens with one attached hydrogen (secondary N) is 1. The molecule has 4 heteroatoms. The van der Waals surface area contributed by atoms with Crippen LogP contribution in [0.4, 0.5) is 0 Å². The minimum atomic E-state index is -0.109. The van der Waals surface area contributed by atoms with Gasteiger partial charge >= 0.3 is 0 Å². The molecule has 0 radical (unpaired) electrons. The first-order valence-corrected chi connectivity index (χ1v) is 5.72. The molecule has 1 rings (SSSR count). The van der Waals surface area contributed by atoms with Gasteiger partial charge in [-0.1, -0.05) is 6.08 Å². The lowest BCUT2D eigenvalue weighted by Gasteiger charge is -2.14. The van der Waals surface area contributed by atoms with Crippen molar-refractivity contribution in [3.63, 3.8) is 0 Å². The molecule has 1 aliphatic rings. The van der Waals surface area contributed by atoms with Crippen LogP contribution in [0.3, 0.4) is 0 Å². The summed E-state index contributed by atoms with van der Waals surface area (Å²) in [6, 6.07) is 0. The second-order valence-electron chi connectivity index (χ2n) is 2.88. The Hall–Kier alpha value is -1.03. The van der Waals surface area contributed by atoms with Gasteiger partial charge in [0.25, 0.3) is 0 Å². The van der Waals surface area contributed by atoms with Crippen molar-refractivity contribution in [2.45, 2.75) is 19.2 Å². The molecule has 1 atom stereocenters. The number of thioether (sulfide) groups is 1. The van der Waals surface area contributed by atoms with E-state index in [4.69, 9.17) is 0 Å². The first kappa shape index (κ1) is 11.0. The number of nitrogens with zero attached hydrogens (tertiary/aromatic N) is 1. The molecule has 76 valence electrons. The first-order chi connectivity index (χ1) is 6.67. The molecule has 3 nitrogen and oxygen atoms in total. The molecular weight excluding hydrogens is 196 g/mol. The number of aliphatic imine (C=N–C) groups is 1. The van der Waals surface area contributed by atoms with Crippen molar-refractivity contribution in [1.29, 1.82) is 0 Å². The molecule has 0 aromatic rings. The monoisotopic (exact) mass is 210 g/mol. The minimum absolute atomic E-state index is 0.109. The van der Waals surface area contributed by atoms with Crippen molar-refractivity contribution in [2.75, 3.05) is 6.26 Å². The number of carbonyl (C=O) groups is 1. The zero-order valence-corrected chi connectivity index (χ0v) is 9.39. The predicted octanol–water partition coefficient (Wildman–Crippen LogP) is 1.73. The van der Waals surface area contributed by atoms with Crippen LogP contribution in [0, 0.1) is 0 Å². The van der Waals surface area contributed by atoms with Crippen LogP contribution in [-0.2, 0) is 4.79 Å². The van der Waals surface area contributed by atoms with Gasteiger partial charge in [0.1, 0.15) is 5.84 Å². The van der Waals surface area contributed by atoms with Gasteiger partial charge in [0.05, 0.1) is 5.37 Å². The highest BCUT2D eigenvalue weighted by molar-refractivity contribution is 7.99. The molecule has 14 heavy (non-hydrogen) atoms. The Morgan fingerprint density at radius 1 is 1.57 bits per heavy atom. The Bertz CT molecular complexity index is 318. The highest BCUT2D eigenvalue weighted by Crippen LogP contribution is 2.11. The van der Waals surface area contributed by atoms with E-state index in [-0.39, 0.29) is 11.3 Å². The lowest BCUT2D eigenvalue weighted by atomic mass is 10.1. The maximum absolute atomic E-state index is 11.1. The van der Waals surface area contributed by atoms with Gasteiger partial charge in [0, 0.05) is 11.6 Å². The van der Waals surface area contributed by atoms with E-state index in [1.54, 1.807) is 17.8 Å². The number of amidine groups is 1. The highest BCUT2D eigenvalue weighted by atomic mass is 32.2. The number of hydrogen-bond acceptors (Lipinski definition) is 3. The Morgan fingerprint density at radius 3 is 2.86 bits per heavy atom. The van der Waals surface area contributed by atoms with Crippen LogP contribution in [0.15, 0.2) is 28.8 Å². The van der Waals surface area contributed by atoms with Gasteiger partial charge < -0.3 is 5.32 Å². The maximum atomic E-state index is 11.1. The Kier molecular flexibility index (Phi) is 3.95. The fraction of sp³-hybridized carbons (Fsp3) is 0.400. The Labute approximate surface area is 88.4 Å². The largest absolute Gasteiger partial charge is 0.307 e. The highest BCUT2D eigenvalue weighted by Gasteiger charge is 2.12. The predicted molar refractivity (Wildman–Crippen MR) is 61.5 cm³/mol. The van der Waals surface area contributed by atoms with Crippen LogP contribution in [0.1, 0.15) is 13.8 Å². The van der Waals surface area contributed by atoms with Crippen molar-refractivity contribution in [3.05, 3.63) is 23.8 Å². The van der Waals surface area contributed by atoms with Gasteiger partial charge in [0.15, 0.2) is 0 Å². The molecule has 0 saturated carbocycles. The van der Waals surface area contributed by atoms with Gasteiger partial charge in [-0.2, -0.15) is 0 Å². The van der Waals surface area contributed by atoms with Crippen LogP contribution in [0.2, 0.25) is 0 Å². The minimum Gasteiger partial charge on any atom is -0.307 e. The van der Waals surface area contributed by atoms with E-state index in [2.05, 4.69) is 10.3 Å². The normalized spacial score (nSPS) is 24.1. The summed E-state index contributed by atoms with van der Waals surface area (Å²) in [4.78, 5) is 15.5. The standard InChI is InChI=1S/C10H14N2OS/c1-4-8-5-6-9(13)12-10(8)11-7(2)14-3/h4-7H,1-3H3,(H,11,12,13)/b8-4-. The number of rotatable bonds is 2. The van der Waals surface area contributed by atoms with E-state index in [9.17, 15) is 4.79 Å².